The quantitative estimate of drug-likeness (QED) is 0.895. The van der Waals surface area contributed by atoms with Gasteiger partial charge in [0.1, 0.15) is 5.82 Å². The summed E-state index contributed by atoms with van der Waals surface area (Å²) in [5, 5.41) is 9.02. The molecule has 0 aliphatic carbocycles. The minimum atomic E-state index is 0.285. The third-order valence-electron chi connectivity index (χ3n) is 3.14. The second kappa shape index (κ2) is 6.16. The van der Waals surface area contributed by atoms with E-state index >= 15 is 0 Å². The van der Waals surface area contributed by atoms with Crippen LogP contribution >= 0.6 is 31.9 Å². The minimum Gasteiger partial charge on any atom is -0.396 e. The van der Waals surface area contributed by atoms with Crippen LogP contribution in [0.5, 0.6) is 0 Å². The molecule has 3 nitrogen and oxygen atoms in total. The van der Waals surface area contributed by atoms with Crippen LogP contribution in [0, 0.1) is 5.92 Å². The van der Waals surface area contributed by atoms with E-state index < -0.39 is 0 Å². The lowest BCUT2D eigenvalue weighted by molar-refractivity contribution is 0.244. The average Bonchev–Trinajstić information content (AvgIpc) is 2.29. The highest BCUT2D eigenvalue weighted by Crippen LogP contribution is 2.30. The Kier molecular flexibility index (Phi) is 4.82. The number of pyridine rings is 1. The first-order valence-corrected chi connectivity index (χ1v) is 7.46. The maximum absolute atomic E-state index is 9.02. The van der Waals surface area contributed by atoms with Gasteiger partial charge in [-0.1, -0.05) is 0 Å². The van der Waals surface area contributed by atoms with Crippen LogP contribution in [0.15, 0.2) is 21.2 Å². The summed E-state index contributed by atoms with van der Waals surface area (Å²) in [7, 11) is 0. The van der Waals surface area contributed by atoms with E-state index in [1.807, 2.05) is 12.3 Å². The highest BCUT2D eigenvalue weighted by molar-refractivity contribution is 9.11. The van der Waals surface area contributed by atoms with Gasteiger partial charge >= 0.3 is 0 Å². The Bertz CT molecular complexity index is 385. The molecule has 5 heteroatoms. The van der Waals surface area contributed by atoms with Crippen LogP contribution in [0.2, 0.25) is 0 Å². The Morgan fingerprint density at radius 2 is 2.29 bits per heavy atom. The molecule has 1 unspecified atom stereocenters. The van der Waals surface area contributed by atoms with Crippen LogP contribution in [0.4, 0.5) is 5.82 Å². The molecular formula is C12H16Br2N2O. The van der Waals surface area contributed by atoms with Crippen LogP contribution in [0.25, 0.3) is 0 Å². The van der Waals surface area contributed by atoms with E-state index in [0.717, 1.165) is 34.3 Å². The number of aliphatic hydroxyl groups is 1. The van der Waals surface area contributed by atoms with E-state index in [1.54, 1.807) is 0 Å². The molecule has 0 amide bonds. The predicted molar refractivity (Wildman–Crippen MR) is 76.3 cm³/mol. The van der Waals surface area contributed by atoms with Crippen molar-refractivity contribution in [1.29, 1.82) is 0 Å². The molecule has 94 valence electrons. The van der Waals surface area contributed by atoms with Crippen molar-refractivity contribution in [2.24, 2.45) is 5.92 Å². The van der Waals surface area contributed by atoms with E-state index in [2.05, 4.69) is 41.7 Å². The third-order valence-corrected chi connectivity index (χ3v) is 4.16. The normalized spacial score (nSPS) is 20.6. The van der Waals surface area contributed by atoms with Crippen LogP contribution in [0.1, 0.15) is 19.3 Å². The Labute approximate surface area is 118 Å². The molecule has 1 atom stereocenters. The molecule has 2 heterocycles. The first-order valence-electron chi connectivity index (χ1n) is 5.87. The second-order valence-electron chi connectivity index (χ2n) is 4.43. The zero-order valence-corrected chi connectivity index (χ0v) is 12.7. The van der Waals surface area contributed by atoms with Crippen molar-refractivity contribution in [2.75, 3.05) is 24.6 Å². The molecule has 1 fully saturated rings. The van der Waals surface area contributed by atoms with Crippen LogP contribution < -0.4 is 4.90 Å². The van der Waals surface area contributed by atoms with Gasteiger partial charge in [0.25, 0.3) is 0 Å². The monoisotopic (exact) mass is 362 g/mol. The Morgan fingerprint density at radius 3 is 3.00 bits per heavy atom. The molecule has 1 N–H and O–H groups in total. The molecule has 2 rings (SSSR count). The zero-order valence-electron chi connectivity index (χ0n) is 9.57. The molecule has 1 aliphatic heterocycles. The standard InChI is InChI=1S/C12H16Br2N2O/c13-10-6-11(14)12(15-7-10)16-4-1-2-9(8-16)3-5-17/h6-7,9,17H,1-5,8H2. The van der Waals surface area contributed by atoms with Gasteiger partial charge < -0.3 is 10.0 Å². The van der Waals surface area contributed by atoms with Crippen molar-refractivity contribution in [1.82, 2.24) is 4.98 Å². The molecule has 1 saturated heterocycles. The van der Waals surface area contributed by atoms with E-state index in [-0.39, 0.29) is 6.61 Å². The summed E-state index contributed by atoms with van der Waals surface area (Å²) in [5.74, 6) is 1.60. The van der Waals surface area contributed by atoms with Crippen molar-refractivity contribution >= 4 is 37.7 Å². The van der Waals surface area contributed by atoms with Gasteiger partial charge in [0.2, 0.25) is 0 Å². The summed E-state index contributed by atoms with van der Waals surface area (Å²) in [6, 6.07) is 2.03. The van der Waals surface area contributed by atoms with Gasteiger partial charge in [-0.15, -0.1) is 0 Å². The van der Waals surface area contributed by atoms with Gasteiger partial charge in [0.05, 0.1) is 4.47 Å². The first kappa shape index (κ1) is 13.3. The summed E-state index contributed by atoms with van der Waals surface area (Å²) in [5.41, 5.74) is 0. The number of hydrogen-bond acceptors (Lipinski definition) is 3. The smallest absolute Gasteiger partial charge is 0.142 e. The van der Waals surface area contributed by atoms with Crippen molar-refractivity contribution < 1.29 is 5.11 Å². The average molecular weight is 364 g/mol. The molecule has 17 heavy (non-hydrogen) atoms. The molecule has 1 aromatic rings. The SMILES string of the molecule is OCCC1CCCN(c2ncc(Br)cc2Br)C1. The Hall–Kier alpha value is -0.130. The Morgan fingerprint density at radius 1 is 1.47 bits per heavy atom. The fourth-order valence-electron chi connectivity index (χ4n) is 2.32. The zero-order chi connectivity index (χ0) is 12.3. The van der Waals surface area contributed by atoms with Gasteiger partial charge in [0, 0.05) is 30.4 Å². The van der Waals surface area contributed by atoms with E-state index in [0.29, 0.717) is 5.92 Å². The van der Waals surface area contributed by atoms with Crippen LogP contribution in [0.3, 0.4) is 0 Å². The molecule has 0 aromatic carbocycles. The summed E-state index contributed by atoms with van der Waals surface area (Å²) in [6.07, 6.45) is 5.11. The number of aromatic nitrogens is 1. The molecule has 0 spiro atoms. The molecule has 1 aliphatic rings. The predicted octanol–water partition coefficient (Wildman–Crippen LogP) is 3.21. The summed E-state index contributed by atoms with van der Waals surface area (Å²) in [4.78, 5) is 6.77. The van der Waals surface area contributed by atoms with Crippen molar-refractivity contribution in [3.05, 3.63) is 21.2 Å². The maximum Gasteiger partial charge on any atom is 0.142 e. The highest BCUT2D eigenvalue weighted by atomic mass is 79.9. The number of aliphatic hydroxyl groups excluding tert-OH is 1. The summed E-state index contributed by atoms with van der Waals surface area (Å²) < 4.78 is 2.01. The fraction of sp³-hybridized carbons (Fsp3) is 0.583. The number of anilines is 1. The molecule has 0 saturated carbocycles. The van der Waals surface area contributed by atoms with Crippen LogP contribution in [-0.2, 0) is 0 Å². The molecule has 0 bridgehead atoms. The summed E-state index contributed by atoms with van der Waals surface area (Å²) >= 11 is 6.97. The summed E-state index contributed by atoms with van der Waals surface area (Å²) in [6.45, 7) is 2.33. The maximum atomic E-state index is 9.02. The number of rotatable bonds is 3. The third kappa shape index (κ3) is 3.42. The number of halogens is 2. The van der Waals surface area contributed by atoms with Crippen molar-refractivity contribution in [3.8, 4) is 0 Å². The van der Waals surface area contributed by atoms with Gasteiger partial charge in [-0.2, -0.15) is 0 Å². The van der Waals surface area contributed by atoms with Gasteiger partial charge in [-0.3, -0.25) is 0 Å². The van der Waals surface area contributed by atoms with Crippen molar-refractivity contribution in [3.63, 3.8) is 0 Å². The van der Waals surface area contributed by atoms with E-state index in [1.165, 1.54) is 12.8 Å². The largest absolute Gasteiger partial charge is 0.396 e. The lowest BCUT2D eigenvalue weighted by Crippen LogP contribution is -2.36. The Balaban J connectivity index is 2.10. The van der Waals surface area contributed by atoms with E-state index in [9.17, 15) is 0 Å². The number of piperidine rings is 1. The van der Waals surface area contributed by atoms with Crippen LogP contribution in [-0.4, -0.2) is 29.8 Å². The van der Waals surface area contributed by atoms with Gasteiger partial charge in [-0.25, -0.2) is 4.98 Å². The molecular weight excluding hydrogens is 348 g/mol. The minimum absolute atomic E-state index is 0.285. The molecule has 1 aromatic heterocycles. The van der Waals surface area contributed by atoms with Crippen molar-refractivity contribution in [2.45, 2.75) is 19.3 Å². The molecule has 0 radical (unpaired) electrons. The number of nitrogens with zero attached hydrogens (tertiary/aromatic N) is 2. The second-order valence-corrected chi connectivity index (χ2v) is 6.20. The topological polar surface area (TPSA) is 36.4 Å². The lowest BCUT2D eigenvalue weighted by Gasteiger charge is -2.33. The number of hydrogen-bond donors (Lipinski definition) is 1. The lowest BCUT2D eigenvalue weighted by atomic mass is 9.95. The van der Waals surface area contributed by atoms with Gasteiger partial charge in [0.15, 0.2) is 0 Å². The first-order chi connectivity index (χ1) is 8.20. The van der Waals surface area contributed by atoms with Gasteiger partial charge in [-0.05, 0) is 63.1 Å². The highest BCUT2D eigenvalue weighted by Gasteiger charge is 2.21. The fourth-order valence-corrected chi connectivity index (χ4v) is 3.55. The van der Waals surface area contributed by atoms with E-state index in [4.69, 9.17) is 5.11 Å².